The average Bonchev–Trinajstić information content (AvgIpc) is 2.60. The topological polar surface area (TPSA) is 86.8 Å². The van der Waals surface area contributed by atoms with Crippen LogP contribution in [0.15, 0.2) is 24.3 Å². The molecular formula is C17H25N3O4S. The summed E-state index contributed by atoms with van der Waals surface area (Å²) in [6.07, 6.45) is 0.366. The minimum Gasteiger partial charge on any atom is -0.368 e. The molecule has 1 saturated heterocycles. The Hall–Kier alpha value is -2.09. The fraction of sp³-hybridized carbons (Fsp3) is 0.529. The standard InChI is InChI=1S/C17H25N3O4S/c1-3-12-25(23,24)17(22)18-13-16(21)20-10-8-19(9-11-20)15-6-4-14(2)5-7-15/h4-7H,3,8-13H2,1-2H3,(H,18,22). The zero-order valence-corrected chi connectivity index (χ0v) is 15.5. The number of anilines is 1. The van der Waals surface area contributed by atoms with E-state index in [2.05, 4.69) is 34.5 Å². The number of hydrogen-bond acceptors (Lipinski definition) is 5. The Morgan fingerprint density at radius 2 is 1.68 bits per heavy atom. The minimum absolute atomic E-state index is 0.206. The van der Waals surface area contributed by atoms with Crippen molar-refractivity contribution in [1.29, 1.82) is 0 Å². The van der Waals surface area contributed by atoms with Crippen molar-refractivity contribution in [2.75, 3.05) is 43.4 Å². The quantitative estimate of drug-likeness (QED) is 0.844. The molecule has 1 fully saturated rings. The summed E-state index contributed by atoms with van der Waals surface area (Å²) in [7, 11) is -3.81. The maximum absolute atomic E-state index is 12.2. The third kappa shape index (κ3) is 5.19. The van der Waals surface area contributed by atoms with Crippen molar-refractivity contribution in [2.45, 2.75) is 20.3 Å². The molecule has 0 spiro atoms. The van der Waals surface area contributed by atoms with Gasteiger partial charge in [-0.15, -0.1) is 0 Å². The van der Waals surface area contributed by atoms with Crippen LogP contribution in [0.1, 0.15) is 18.9 Å². The molecule has 138 valence electrons. The minimum atomic E-state index is -3.81. The number of sulfone groups is 1. The SMILES string of the molecule is CCCS(=O)(=O)C(=O)NCC(=O)N1CCN(c2ccc(C)cc2)CC1. The predicted molar refractivity (Wildman–Crippen MR) is 97.4 cm³/mol. The molecule has 1 aromatic carbocycles. The van der Waals surface area contributed by atoms with Crippen LogP contribution in [0.5, 0.6) is 0 Å². The van der Waals surface area contributed by atoms with Gasteiger partial charge in [-0.1, -0.05) is 24.6 Å². The van der Waals surface area contributed by atoms with E-state index in [1.165, 1.54) is 5.56 Å². The van der Waals surface area contributed by atoms with Crippen molar-refractivity contribution in [3.8, 4) is 0 Å². The number of carbonyl (C=O) groups excluding carboxylic acids is 2. The van der Waals surface area contributed by atoms with Crippen LogP contribution in [0.25, 0.3) is 0 Å². The van der Waals surface area contributed by atoms with Crippen LogP contribution in [0.4, 0.5) is 10.5 Å². The Labute approximate surface area is 148 Å². The molecule has 8 heteroatoms. The lowest BCUT2D eigenvalue weighted by molar-refractivity contribution is -0.130. The molecule has 1 aromatic rings. The van der Waals surface area contributed by atoms with Gasteiger partial charge in [-0.2, -0.15) is 0 Å². The summed E-state index contributed by atoms with van der Waals surface area (Å²) in [4.78, 5) is 27.7. The number of nitrogens with zero attached hydrogens (tertiary/aromatic N) is 2. The highest BCUT2D eigenvalue weighted by Gasteiger charge is 2.24. The maximum atomic E-state index is 12.2. The number of piperazine rings is 1. The van der Waals surface area contributed by atoms with Gasteiger partial charge in [0.2, 0.25) is 15.7 Å². The third-order valence-corrected chi connectivity index (χ3v) is 5.83. The number of hydrogen-bond donors (Lipinski definition) is 1. The fourth-order valence-corrected chi connectivity index (χ4v) is 3.72. The largest absolute Gasteiger partial charge is 0.368 e. The summed E-state index contributed by atoms with van der Waals surface area (Å²) in [5, 5.41) is 1.15. The number of amides is 2. The van der Waals surface area contributed by atoms with Gasteiger partial charge in [-0.05, 0) is 25.5 Å². The molecule has 25 heavy (non-hydrogen) atoms. The van der Waals surface area contributed by atoms with Gasteiger partial charge in [0.25, 0.3) is 0 Å². The lowest BCUT2D eigenvalue weighted by Crippen LogP contribution is -2.51. The highest BCUT2D eigenvalue weighted by atomic mass is 32.2. The molecule has 0 aromatic heterocycles. The van der Waals surface area contributed by atoms with Crippen LogP contribution in [0.2, 0.25) is 0 Å². The van der Waals surface area contributed by atoms with E-state index in [0.717, 1.165) is 5.69 Å². The first-order valence-electron chi connectivity index (χ1n) is 8.43. The maximum Gasteiger partial charge on any atom is 0.336 e. The van der Waals surface area contributed by atoms with Crippen LogP contribution in [-0.2, 0) is 14.6 Å². The molecule has 1 heterocycles. The second-order valence-corrected chi connectivity index (χ2v) is 8.17. The predicted octanol–water partition coefficient (Wildman–Crippen LogP) is 1.18. The number of carbonyl (C=O) groups is 2. The molecule has 0 saturated carbocycles. The molecule has 7 nitrogen and oxygen atoms in total. The zero-order chi connectivity index (χ0) is 18.4. The van der Waals surface area contributed by atoms with Crippen molar-refractivity contribution in [2.24, 2.45) is 0 Å². The normalized spacial score (nSPS) is 15.1. The molecule has 0 aliphatic carbocycles. The molecular weight excluding hydrogens is 342 g/mol. The summed E-state index contributed by atoms with van der Waals surface area (Å²) in [5.74, 6) is -0.467. The van der Waals surface area contributed by atoms with E-state index in [-0.39, 0.29) is 18.2 Å². The smallest absolute Gasteiger partial charge is 0.336 e. The van der Waals surface area contributed by atoms with Crippen LogP contribution >= 0.6 is 0 Å². The van der Waals surface area contributed by atoms with Crippen LogP contribution < -0.4 is 10.2 Å². The summed E-state index contributed by atoms with van der Waals surface area (Å²) in [6.45, 7) is 5.94. The van der Waals surface area contributed by atoms with Gasteiger partial charge in [0.1, 0.15) is 0 Å². The molecule has 1 aliphatic heterocycles. The van der Waals surface area contributed by atoms with E-state index in [9.17, 15) is 18.0 Å². The fourth-order valence-electron chi connectivity index (χ4n) is 2.70. The van der Waals surface area contributed by atoms with E-state index >= 15 is 0 Å². The third-order valence-electron chi connectivity index (χ3n) is 4.17. The molecule has 0 bridgehead atoms. The van der Waals surface area contributed by atoms with Crippen molar-refractivity contribution in [3.63, 3.8) is 0 Å². The van der Waals surface area contributed by atoms with Gasteiger partial charge in [-0.3, -0.25) is 9.59 Å². The zero-order valence-electron chi connectivity index (χ0n) is 14.7. The molecule has 0 atom stereocenters. The number of benzene rings is 1. The van der Waals surface area contributed by atoms with Gasteiger partial charge in [0.05, 0.1) is 12.3 Å². The molecule has 1 aliphatic rings. The molecule has 2 amide bonds. The first kappa shape index (κ1) is 19.2. The Bertz CT molecular complexity index is 708. The first-order valence-corrected chi connectivity index (χ1v) is 10.1. The lowest BCUT2D eigenvalue weighted by Gasteiger charge is -2.36. The van der Waals surface area contributed by atoms with E-state index in [4.69, 9.17) is 0 Å². The number of nitrogens with one attached hydrogen (secondary N) is 1. The van der Waals surface area contributed by atoms with Gasteiger partial charge in [0.15, 0.2) is 0 Å². The van der Waals surface area contributed by atoms with Crippen molar-refractivity contribution in [3.05, 3.63) is 29.8 Å². The van der Waals surface area contributed by atoms with Crippen molar-refractivity contribution < 1.29 is 18.0 Å². The van der Waals surface area contributed by atoms with E-state index in [0.29, 0.717) is 32.6 Å². The lowest BCUT2D eigenvalue weighted by atomic mass is 10.2. The average molecular weight is 367 g/mol. The summed E-state index contributed by atoms with van der Waals surface area (Å²) < 4.78 is 23.2. The van der Waals surface area contributed by atoms with Gasteiger partial charge in [-0.25, -0.2) is 8.42 Å². The number of aryl methyl sites for hydroxylation is 1. The monoisotopic (exact) mass is 367 g/mol. The second-order valence-electron chi connectivity index (χ2n) is 6.16. The highest BCUT2D eigenvalue weighted by Crippen LogP contribution is 2.17. The van der Waals surface area contributed by atoms with Crippen molar-refractivity contribution in [1.82, 2.24) is 10.2 Å². The molecule has 0 radical (unpaired) electrons. The van der Waals surface area contributed by atoms with Gasteiger partial charge in [0, 0.05) is 31.9 Å². The van der Waals surface area contributed by atoms with Crippen LogP contribution in [0.3, 0.4) is 0 Å². The Morgan fingerprint density at radius 1 is 1.08 bits per heavy atom. The van der Waals surface area contributed by atoms with E-state index in [1.807, 2.05) is 6.92 Å². The van der Waals surface area contributed by atoms with E-state index < -0.39 is 15.1 Å². The van der Waals surface area contributed by atoms with Gasteiger partial charge < -0.3 is 15.1 Å². The van der Waals surface area contributed by atoms with Crippen LogP contribution in [-0.4, -0.2) is 62.9 Å². The number of rotatable bonds is 5. The summed E-state index contributed by atoms with van der Waals surface area (Å²) in [5.41, 5.74) is 2.32. The molecule has 2 rings (SSSR count). The van der Waals surface area contributed by atoms with Crippen LogP contribution in [0, 0.1) is 6.92 Å². The van der Waals surface area contributed by atoms with E-state index in [1.54, 1.807) is 11.8 Å². The summed E-state index contributed by atoms with van der Waals surface area (Å²) >= 11 is 0. The van der Waals surface area contributed by atoms with Gasteiger partial charge >= 0.3 is 5.24 Å². The molecule has 1 N–H and O–H groups in total. The Kier molecular flexibility index (Phi) is 6.41. The highest BCUT2D eigenvalue weighted by molar-refractivity contribution is 8.06. The summed E-state index contributed by atoms with van der Waals surface area (Å²) in [6, 6.07) is 8.23. The Balaban J connectivity index is 1.81. The first-order chi connectivity index (χ1) is 11.8. The Morgan fingerprint density at radius 3 is 2.24 bits per heavy atom. The molecule has 0 unspecified atom stereocenters. The second kappa shape index (κ2) is 8.33. The van der Waals surface area contributed by atoms with Crippen molar-refractivity contribution >= 4 is 26.7 Å².